The molecule has 0 spiro atoms. The van der Waals surface area contributed by atoms with Crippen molar-refractivity contribution in [3.63, 3.8) is 0 Å². The molecule has 2 aromatic carbocycles. The molecule has 3 amide bonds. The molecular weight excluding hydrogens is 516 g/mol. The van der Waals surface area contributed by atoms with E-state index < -0.39 is 16.9 Å². The molecule has 1 N–H and O–H groups in total. The second-order valence-electron chi connectivity index (χ2n) is 10.9. The molecule has 0 bridgehead atoms. The summed E-state index contributed by atoms with van der Waals surface area (Å²) in [5, 5.41) is 8.83. The lowest BCUT2D eigenvalue weighted by atomic mass is 9.73. The topological polar surface area (TPSA) is 91.3 Å². The summed E-state index contributed by atoms with van der Waals surface area (Å²) in [5.74, 6) is -0.594. The highest BCUT2D eigenvalue weighted by molar-refractivity contribution is 6.13. The standard InChI is InChI=1S/C29H36N4O4.4CH4/c1-28(2,3)26(35)30-23(19-37-18-22-13-9-6-10-14-22)25(34)33-16-15-24-29(20-33,27(36)32(4)31-24)17-21-11-7-5-8-12-21;;;;/h5-14,23H,15-20H2,1-4H3,(H,30,35);4*1H4. The monoisotopic (exact) mass is 568 g/mol. The third-order valence-electron chi connectivity index (χ3n) is 6.95. The Morgan fingerprint density at radius 1 is 0.976 bits per heavy atom. The Morgan fingerprint density at radius 3 is 2.10 bits per heavy atom. The van der Waals surface area contributed by atoms with Crippen LogP contribution in [-0.2, 0) is 32.1 Å². The highest BCUT2D eigenvalue weighted by Crippen LogP contribution is 2.38. The van der Waals surface area contributed by atoms with E-state index in [1.165, 1.54) is 5.01 Å². The van der Waals surface area contributed by atoms with Crippen LogP contribution in [0.25, 0.3) is 0 Å². The molecular formula is C33H52N4O4. The number of ether oxygens (including phenoxy) is 1. The molecule has 2 heterocycles. The Kier molecular flexibility index (Phi) is 14.1. The van der Waals surface area contributed by atoms with Gasteiger partial charge in [-0.05, 0) is 17.5 Å². The fraction of sp³-hybridized carbons (Fsp3) is 0.515. The Labute approximate surface area is 248 Å². The molecule has 228 valence electrons. The van der Waals surface area contributed by atoms with Crippen molar-refractivity contribution in [1.29, 1.82) is 0 Å². The Hall–Kier alpha value is -3.52. The maximum Gasteiger partial charge on any atom is 0.256 e. The van der Waals surface area contributed by atoms with Gasteiger partial charge in [0, 0.05) is 32.0 Å². The minimum atomic E-state index is -0.909. The zero-order valence-electron chi connectivity index (χ0n) is 22.1. The summed E-state index contributed by atoms with van der Waals surface area (Å²) >= 11 is 0. The highest BCUT2D eigenvalue weighted by atomic mass is 16.5. The van der Waals surface area contributed by atoms with Crippen molar-refractivity contribution in [3.8, 4) is 0 Å². The molecule has 2 aromatic rings. The number of nitrogens with one attached hydrogen (secondary N) is 1. The van der Waals surface area contributed by atoms with Gasteiger partial charge in [0.05, 0.1) is 18.9 Å². The predicted molar refractivity (Wildman–Crippen MR) is 168 cm³/mol. The molecule has 2 aliphatic heterocycles. The molecule has 0 aliphatic carbocycles. The molecule has 4 rings (SSSR count). The van der Waals surface area contributed by atoms with Gasteiger partial charge in [0.25, 0.3) is 5.91 Å². The van der Waals surface area contributed by atoms with E-state index in [0.717, 1.165) is 16.8 Å². The first-order chi connectivity index (χ1) is 17.6. The van der Waals surface area contributed by atoms with Gasteiger partial charge in [-0.1, -0.05) is 111 Å². The summed E-state index contributed by atoms with van der Waals surface area (Å²) in [4.78, 5) is 41.8. The van der Waals surface area contributed by atoms with Crippen LogP contribution in [0, 0.1) is 10.8 Å². The second-order valence-corrected chi connectivity index (χ2v) is 10.9. The minimum Gasteiger partial charge on any atom is -0.374 e. The van der Waals surface area contributed by atoms with Gasteiger partial charge >= 0.3 is 0 Å². The fourth-order valence-corrected chi connectivity index (χ4v) is 4.85. The molecule has 2 aliphatic rings. The lowest BCUT2D eigenvalue weighted by molar-refractivity contribution is -0.144. The number of hydrogen-bond donors (Lipinski definition) is 1. The van der Waals surface area contributed by atoms with Gasteiger partial charge in [-0.15, -0.1) is 0 Å². The predicted octanol–water partition coefficient (Wildman–Crippen LogP) is 5.57. The summed E-state index contributed by atoms with van der Waals surface area (Å²) in [6, 6.07) is 18.6. The molecule has 1 fully saturated rings. The van der Waals surface area contributed by atoms with E-state index in [4.69, 9.17) is 4.74 Å². The normalized spacial score (nSPS) is 18.3. The number of carbonyl (C=O) groups is 3. The largest absolute Gasteiger partial charge is 0.374 e. The number of hydrogen-bond acceptors (Lipinski definition) is 5. The van der Waals surface area contributed by atoms with Crippen molar-refractivity contribution in [2.75, 3.05) is 26.7 Å². The maximum atomic E-state index is 13.8. The minimum absolute atomic E-state index is 0. The van der Waals surface area contributed by atoms with Crippen molar-refractivity contribution in [1.82, 2.24) is 15.2 Å². The maximum absolute atomic E-state index is 13.8. The number of carbonyl (C=O) groups excluding carboxylic acids is 3. The van der Waals surface area contributed by atoms with Gasteiger partial charge in [0.15, 0.2) is 0 Å². The molecule has 0 radical (unpaired) electrons. The fourth-order valence-electron chi connectivity index (χ4n) is 4.85. The molecule has 8 heteroatoms. The zero-order valence-corrected chi connectivity index (χ0v) is 22.1. The Morgan fingerprint density at radius 2 is 1.54 bits per heavy atom. The quantitative estimate of drug-likeness (QED) is 0.451. The second kappa shape index (κ2) is 15.5. The average molecular weight is 569 g/mol. The van der Waals surface area contributed by atoms with Gasteiger partial charge < -0.3 is 15.0 Å². The number of rotatable bonds is 8. The third kappa shape index (κ3) is 8.49. The van der Waals surface area contributed by atoms with Crippen LogP contribution < -0.4 is 5.32 Å². The summed E-state index contributed by atoms with van der Waals surface area (Å²) in [6.45, 7) is 6.42. The van der Waals surface area contributed by atoms with Crippen LogP contribution in [0.4, 0.5) is 0 Å². The van der Waals surface area contributed by atoms with Crippen LogP contribution in [0.3, 0.4) is 0 Å². The zero-order chi connectivity index (χ0) is 26.6. The van der Waals surface area contributed by atoms with Crippen LogP contribution in [-0.4, -0.2) is 66.1 Å². The summed E-state index contributed by atoms with van der Waals surface area (Å²) in [7, 11) is 1.66. The molecule has 41 heavy (non-hydrogen) atoms. The van der Waals surface area contributed by atoms with Crippen molar-refractivity contribution in [2.45, 2.75) is 76.0 Å². The number of hydrazone groups is 1. The molecule has 0 saturated carbocycles. The Balaban J connectivity index is 0.00000400. The first-order valence-corrected chi connectivity index (χ1v) is 12.7. The Bertz CT molecular complexity index is 1160. The SMILES string of the molecule is C.C.C.C.CN1N=C2CCN(C(=O)C(COCc3ccccc3)NC(=O)C(C)(C)C)CC2(Cc2ccccc2)C1=O. The van der Waals surface area contributed by atoms with E-state index in [1.54, 1.807) is 32.7 Å². The van der Waals surface area contributed by atoms with Gasteiger partial charge in [-0.3, -0.25) is 14.4 Å². The number of benzene rings is 2. The summed E-state index contributed by atoms with van der Waals surface area (Å²) in [6.07, 6.45) is 0.961. The molecule has 2 atom stereocenters. The van der Waals surface area contributed by atoms with Crippen LogP contribution in [0.2, 0.25) is 0 Å². The number of amides is 3. The van der Waals surface area contributed by atoms with E-state index in [-0.39, 0.29) is 60.6 Å². The number of piperidine rings is 1. The lowest BCUT2D eigenvalue weighted by Gasteiger charge is -2.40. The molecule has 1 saturated heterocycles. The highest BCUT2D eigenvalue weighted by Gasteiger charge is 2.53. The van der Waals surface area contributed by atoms with E-state index >= 15 is 0 Å². The smallest absolute Gasteiger partial charge is 0.256 e. The van der Waals surface area contributed by atoms with Crippen LogP contribution >= 0.6 is 0 Å². The average Bonchev–Trinajstić information content (AvgIpc) is 3.12. The molecule has 0 aromatic heterocycles. The van der Waals surface area contributed by atoms with Crippen molar-refractivity contribution >= 4 is 23.4 Å². The van der Waals surface area contributed by atoms with E-state index in [2.05, 4.69) is 10.4 Å². The molecule has 2 unspecified atom stereocenters. The summed E-state index contributed by atoms with van der Waals surface area (Å²) < 4.78 is 5.89. The van der Waals surface area contributed by atoms with E-state index in [1.807, 2.05) is 60.7 Å². The van der Waals surface area contributed by atoms with Crippen LogP contribution in [0.5, 0.6) is 0 Å². The van der Waals surface area contributed by atoms with Crippen molar-refractivity contribution < 1.29 is 19.1 Å². The first-order valence-electron chi connectivity index (χ1n) is 12.7. The van der Waals surface area contributed by atoms with Gasteiger partial charge in [-0.25, -0.2) is 5.01 Å². The lowest BCUT2D eigenvalue weighted by Crippen LogP contribution is -2.60. The first kappa shape index (κ1) is 37.5. The summed E-state index contributed by atoms with van der Waals surface area (Å²) in [5.41, 5.74) is 1.22. The van der Waals surface area contributed by atoms with E-state index in [0.29, 0.717) is 26.0 Å². The number of fused-ring (bicyclic) bond motifs is 1. The van der Waals surface area contributed by atoms with Crippen molar-refractivity contribution in [3.05, 3.63) is 71.8 Å². The number of likely N-dealkylation sites (tertiary alicyclic amines) is 1. The number of nitrogens with zero attached hydrogens (tertiary/aromatic N) is 3. The van der Waals surface area contributed by atoms with Gasteiger partial charge in [-0.2, -0.15) is 5.10 Å². The van der Waals surface area contributed by atoms with Crippen molar-refractivity contribution in [2.24, 2.45) is 15.9 Å². The van der Waals surface area contributed by atoms with Gasteiger partial charge in [0.1, 0.15) is 11.5 Å². The van der Waals surface area contributed by atoms with Crippen LogP contribution in [0.15, 0.2) is 65.8 Å². The third-order valence-corrected chi connectivity index (χ3v) is 6.95. The van der Waals surface area contributed by atoms with Crippen LogP contribution in [0.1, 0.15) is 68.0 Å². The van der Waals surface area contributed by atoms with Gasteiger partial charge in [0.2, 0.25) is 11.8 Å². The van der Waals surface area contributed by atoms with E-state index in [9.17, 15) is 14.4 Å². The molecule has 8 nitrogen and oxygen atoms in total.